The number of carbonyl (C=O) groups excluding carboxylic acids is 1. The molecule has 0 spiro atoms. The van der Waals surface area contributed by atoms with Gasteiger partial charge in [0.05, 0.1) is 10.0 Å². The van der Waals surface area contributed by atoms with Crippen LogP contribution >= 0.6 is 15.9 Å². The van der Waals surface area contributed by atoms with E-state index in [1.54, 1.807) is 30.3 Å². The van der Waals surface area contributed by atoms with Gasteiger partial charge in [0.15, 0.2) is 0 Å². The van der Waals surface area contributed by atoms with Crippen LogP contribution in [0.3, 0.4) is 0 Å². The first kappa shape index (κ1) is 13.5. The van der Waals surface area contributed by atoms with Crippen LogP contribution in [0, 0.1) is 5.82 Å². The third kappa shape index (κ3) is 3.32. The van der Waals surface area contributed by atoms with E-state index in [9.17, 15) is 9.18 Å². The number of nitrogens with one attached hydrogen (secondary N) is 1. The maximum atomic E-state index is 13.0. The summed E-state index contributed by atoms with van der Waals surface area (Å²) in [7, 11) is 0. The summed E-state index contributed by atoms with van der Waals surface area (Å²) >= 11 is 3.27. The lowest BCUT2D eigenvalue weighted by atomic mass is 10.1. The Kier molecular flexibility index (Phi) is 4.16. The van der Waals surface area contributed by atoms with Crippen LogP contribution in [-0.4, -0.2) is 5.91 Å². The fraction of sp³-hybridized carbons (Fsp3) is 0.0714. The number of anilines is 1. The highest BCUT2D eigenvalue weighted by molar-refractivity contribution is 9.10. The second kappa shape index (κ2) is 5.84. The van der Waals surface area contributed by atoms with Gasteiger partial charge in [0.25, 0.3) is 5.91 Å². The molecule has 0 bridgehead atoms. The van der Waals surface area contributed by atoms with Crippen molar-refractivity contribution in [1.29, 1.82) is 0 Å². The molecule has 0 aromatic heterocycles. The summed E-state index contributed by atoms with van der Waals surface area (Å²) in [5.74, 6) is -0.583. The summed E-state index contributed by atoms with van der Waals surface area (Å²) in [5.41, 5.74) is 7.36. The molecule has 0 aliphatic carbocycles. The van der Waals surface area contributed by atoms with Crippen molar-refractivity contribution in [3.8, 4) is 0 Å². The Morgan fingerprint density at radius 3 is 2.74 bits per heavy atom. The summed E-state index contributed by atoms with van der Waals surface area (Å²) < 4.78 is 13.6. The predicted molar refractivity (Wildman–Crippen MR) is 76.1 cm³/mol. The molecule has 0 heterocycles. The van der Waals surface area contributed by atoms with Gasteiger partial charge in [0.1, 0.15) is 5.82 Å². The second-order valence-electron chi connectivity index (χ2n) is 4.02. The Labute approximate surface area is 118 Å². The SMILES string of the molecule is Nc1cccc(C(=O)NCc2cccc(F)c2)c1Br. The minimum Gasteiger partial charge on any atom is -0.398 e. The van der Waals surface area contributed by atoms with E-state index in [0.717, 1.165) is 0 Å². The molecule has 0 unspecified atom stereocenters. The van der Waals surface area contributed by atoms with Gasteiger partial charge >= 0.3 is 0 Å². The van der Waals surface area contributed by atoms with Crippen molar-refractivity contribution in [2.24, 2.45) is 0 Å². The van der Waals surface area contributed by atoms with Crippen LogP contribution in [0.4, 0.5) is 10.1 Å². The zero-order valence-corrected chi connectivity index (χ0v) is 11.6. The van der Waals surface area contributed by atoms with Crippen molar-refractivity contribution >= 4 is 27.5 Å². The van der Waals surface area contributed by atoms with Gasteiger partial charge in [-0.2, -0.15) is 0 Å². The number of benzene rings is 2. The molecule has 2 aromatic rings. The largest absolute Gasteiger partial charge is 0.398 e. The van der Waals surface area contributed by atoms with Gasteiger partial charge in [-0.05, 0) is 45.8 Å². The molecule has 3 nitrogen and oxygen atoms in total. The molecule has 0 saturated heterocycles. The maximum Gasteiger partial charge on any atom is 0.252 e. The van der Waals surface area contributed by atoms with Crippen LogP contribution in [0.1, 0.15) is 15.9 Å². The number of hydrogen-bond acceptors (Lipinski definition) is 2. The molecule has 0 radical (unpaired) electrons. The average molecular weight is 323 g/mol. The number of hydrogen-bond donors (Lipinski definition) is 2. The van der Waals surface area contributed by atoms with Gasteiger partial charge in [-0.1, -0.05) is 18.2 Å². The van der Waals surface area contributed by atoms with E-state index in [-0.39, 0.29) is 18.3 Å². The van der Waals surface area contributed by atoms with Crippen LogP contribution < -0.4 is 11.1 Å². The zero-order valence-electron chi connectivity index (χ0n) is 9.99. The van der Waals surface area contributed by atoms with Gasteiger partial charge in [-0.3, -0.25) is 4.79 Å². The van der Waals surface area contributed by atoms with E-state index in [1.165, 1.54) is 12.1 Å². The minimum absolute atomic E-state index is 0.261. The first-order valence-corrected chi connectivity index (χ1v) is 6.44. The van der Waals surface area contributed by atoms with Crippen molar-refractivity contribution in [1.82, 2.24) is 5.32 Å². The highest BCUT2D eigenvalue weighted by atomic mass is 79.9. The van der Waals surface area contributed by atoms with Crippen LogP contribution in [0.2, 0.25) is 0 Å². The van der Waals surface area contributed by atoms with E-state index in [0.29, 0.717) is 21.3 Å². The Morgan fingerprint density at radius 2 is 2.00 bits per heavy atom. The standard InChI is InChI=1S/C14H12BrFN2O/c15-13-11(5-2-6-12(13)17)14(19)18-8-9-3-1-4-10(16)7-9/h1-7H,8,17H2,(H,18,19). The molecule has 1 amide bonds. The number of rotatable bonds is 3. The fourth-order valence-corrected chi connectivity index (χ4v) is 2.09. The van der Waals surface area contributed by atoms with Crippen LogP contribution in [0.5, 0.6) is 0 Å². The summed E-state index contributed by atoms with van der Waals surface area (Å²) in [6, 6.07) is 11.2. The number of amides is 1. The molecule has 0 fully saturated rings. The molecule has 3 N–H and O–H groups in total. The number of nitrogens with two attached hydrogens (primary N) is 1. The topological polar surface area (TPSA) is 55.1 Å². The highest BCUT2D eigenvalue weighted by Crippen LogP contribution is 2.23. The maximum absolute atomic E-state index is 13.0. The minimum atomic E-state index is -0.322. The molecule has 19 heavy (non-hydrogen) atoms. The molecule has 0 aliphatic rings. The summed E-state index contributed by atoms with van der Waals surface area (Å²) in [5, 5.41) is 2.72. The van der Waals surface area contributed by atoms with Gasteiger partial charge < -0.3 is 11.1 Å². The predicted octanol–water partition coefficient (Wildman–Crippen LogP) is 3.10. The molecule has 2 aromatic carbocycles. The summed E-state index contributed by atoms with van der Waals surface area (Å²) in [6.07, 6.45) is 0. The van der Waals surface area contributed by atoms with E-state index in [1.807, 2.05) is 0 Å². The van der Waals surface area contributed by atoms with Crippen molar-refractivity contribution in [3.63, 3.8) is 0 Å². The van der Waals surface area contributed by atoms with Gasteiger partial charge in [0, 0.05) is 12.2 Å². The monoisotopic (exact) mass is 322 g/mol. The number of nitrogen functional groups attached to an aromatic ring is 1. The number of carbonyl (C=O) groups is 1. The van der Waals surface area contributed by atoms with Crippen molar-refractivity contribution in [3.05, 3.63) is 63.9 Å². The first-order valence-electron chi connectivity index (χ1n) is 5.64. The van der Waals surface area contributed by atoms with Crippen molar-refractivity contribution in [2.45, 2.75) is 6.54 Å². The van der Waals surface area contributed by atoms with Crippen molar-refractivity contribution < 1.29 is 9.18 Å². The lowest BCUT2D eigenvalue weighted by molar-refractivity contribution is 0.0950. The lowest BCUT2D eigenvalue weighted by Crippen LogP contribution is -2.23. The quantitative estimate of drug-likeness (QED) is 0.853. The Hall–Kier alpha value is -1.88. The van der Waals surface area contributed by atoms with E-state index >= 15 is 0 Å². The molecular formula is C14H12BrFN2O. The molecule has 0 saturated carbocycles. The third-order valence-corrected chi connectivity index (χ3v) is 3.50. The highest BCUT2D eigenvalue weighted by Gasteiger charge is 2.11. The summed E-state index contributed by atoms with van der Waals surface area (Å²) in [6.45, 7) is 0.262. The Morgan fingerprint density at radius 1 is 1.26 bits per heavy atom. The first-order chi connectivity index (χ1) is 9.08. The molecular weight excluding hydrogens is 311 g/mol. The van der Waals surface area contributed by atoms with Crippen LogP contribution in [0.15, 0.2) is 46.9 Å². The van der Waals surface area contributed by atoms with Gasteiger partial charge in [-0.15, -0.1) is 0 Å². The zero-order chi connectivity index (χ0) is 13.8. The van der Waals surface area contributed by atoms with Crippen molar-refractivity contribution in [2.75, 3.05) is 5.73 Å². The fourth-order valence-electron chi connectivity index (χ4n) is 1.65. The average Bonchev–Trinajstić information content (AvgIpc) is 2.39. The molecule has 98 valence electrons. The number of halogens is 2. The second-order valence-corrected chi connectivity index (χ2v) is 4.81. The molecule has 0 aliphatic heterocycles. The van der Waals surface area contributed by atoms with Gasteiger partial charge in [0.2, 0.25) is 0 Å². The molecule has 0 atom stereocenters. The normalized spacial score (nSPS) is 10.2. The smallest absolute Gasteiger partial charge is 0.252 e. The lowest BCUT2D eigenvalue weighted by Gasteiger charge is -2.08. The van der Waals surface area contributed by atoms with E-state index < -0.39 is 0 Å². The summed E-state index contributed by atoms with van der Waals surface area (Å²) in [4.78, 5) is 12.0. The van der Waals surface area contributed by atoms with E-state index in [4.69, 9.17) is 5.73 Å². The van der Waals surface area contributed by atoms with Crippen LogP contribution in [-0.2, 0) is 6.54 Å². The Bertz CT molecular complexity index is 616. The van der Waals surface area contributed by atoms with Crippen LogP contribution in [0.25, 0.3) is 0 Å². The third-order valence-electron chi connectivity index (χ3n) is 2.62. The molecule has 5 heteroatoms. The Balaban J connectivity index is 2.08. The molecule has 2 rings (SSSR count). The van der Waals surface area contributed by atoms with E-state index in [2.05, 4.69) is 21.2 Å². The van der Waals surface area contributed by atoms with Gasteiger partial charge in [-0.25, -0.2) is 4.39 Å².